The van der Waals surface area contributed by atoms with Crippen LogP contribution in [-0.2, 0) is 6.42 Å². The monoisotopic (exact) mass is 202 g/mol. The minimum atomic E-state index is -0.433. The molecule has 0 bridgehead atoms. The SMILES string of the molecule is CC(O)Cc1cc2ccccc2cc1O. The average molecular weight is 202 g/mol. The molecule has 0 aliphatic rings. The Hall–Kier alpha value is -1.54. The molecule has 1 unspecified atom stereocenters. The highest BCUT2D eigenvalue weighted by Crippen LogP contribution is 2.25. The van der Waals surface area contributed by atoms with Gasteiger partial charge in [-0.3, -0.25) is 0 Å². The Kier molecular flexibility index (Phi) is 2.60. The van der Waals surface area contributed by atoms with Crippen molar-refractivity contribution in [2.24, 2.45) is 0 Å². The number of benzene rings is 2. The van der Waals surface area contributed by atoms with E-state index in [0.29, 0.717) is 6.42 Å². The zero-order chi connectivity index (χ0) is 10.8. The molecule has 2 aromatic carbocycles. The summed E-state index contributed by atoms with van der Waals surface area (Å²) < 4.78 is 0. The highest BCUT2D eigenvalue weighted by molar-refractivity contribution is 5.84. The van der Waals surface area contributed by atoms with Crippen molar-refractivity contribution >= 4 is 10.8 Å². The summed E-state index contributed by atoms with van der Waals surface area (Å²) in [6.07, 6.45) is 0.0495. The lowest BCUT2D eigenvalue weighted by molar-refractivity contribution is 0.194. The number of rotatable bonds is 2. The molecule has 0 aromatic heterocycles. The maximum absolute atomic E-state index is 9.75. The summed E-state index contributed by atoms with van der Waals surface area (Å²) in [5.41, 5.74) is 0.795. The molecule has 2 aromatic rings. The van der Waals surface area contributed by atoms with Crippen molar-refractivity contribution in [1.82, 2.24) is 0 Å². The fourth-order valence-electron chi connectivity index (χ4n) is 1.76. The van der Waals surface area contributed by atoms with Crippen molar-refractivity contribution in [3.05, 3.63) is 42.0 Å². The summed E-state index contributed by atoms with van der Waals surface area (Å²) in [5, 5.41) is 21.1. The molecule has 2 nitrogen and oxygen atoms in total. The Morgan fingerprint density at radius 2 is 1.73 bits per heavy atom. The van der Waals surface area contributed by atoms with Crippen molar-refractivity contribution in [2.75, 3.05) is 0 Å². The quantitative estimate of drug-likeness (QED) is 0.785. The highest BCUT2D eigenvalue weighted by atomic mass is 16.3. The molecule has 0 radical (unpaired) electrons. The van der Waals surface area contributed by atoms with Gasteiger partial charge in [0.05, 0.1) is 6.10 Å². The van der Waals surface area contributed by atoms with E-state index in [0.717, 1.165) is 16.3 Å². The van der Waals surface area contributed by atoms with Gasteiger partial charge in [0.25, 0.3) is 0 Å². The zero-order valence-electron chi connectivity index (χ0n) is 8.64. The van der Waals surface area contributed by atoms with Gasteiger partial charge in [0, 0.05) is 6.42 Å². The molecule has 0 fully saturated rings. The molecule has 0 spiro atoms. The van der Waals surface area contributed by atoms with Gasteiger partial charge in [-0.05, 0) is 35.4 Å². The van der Waals surface area contributed by atoms with Crippen molar-refractivity contribution in [1.29, 1.82) is 0 Å². The van der Waals surface area contributed by atoms with Gasteiger partial charge in [0.2, 0.25) is 0 Å². The molecule has 2 N–H and O–H groups in total. The van der Waals surface area contributed by atoms with Crippen LogP contribution in [0.1, 0.15) is 12.5 Å². The fourth-order valence-corrected chi connectivity index (χ4v) is 1.76. The van der Waals surface area contributed by atoms with E-state index in [1.54, 1.807) is 13.0 Å². The Labute approximate surface area is 88.8 Å². The van der Waals surface area contributed by atoms with E-state index in [-0.39, 0.29) is 5.75 Å². The summed E-state index contributed by atoms with van der Waals surface area (Å²) in [5.74, 6) is 0.259. The van der Waals surface area contributed by atoms with E-state index in [2.05, 4.69) is 0 Å². The van der Waals surface area contributed by atoms with E-state index in [9.17, 15) is 10.2 Å². The third kappa shape index (κ3) is 2.10. The number of phenolic OH excluding ortho intramolecular Hbond substituents is 1. The van der Waals surface area contributed by atoms with E-state index in [1.807, 2.05) is 30.3 Å². The lowest BCUT2D eigenvalue weighted by atomic mass is 10.0. The van der Waals surface area contributed by atoms with Crippen LogP contribution in [0.25, 0.3) is 10.8 Å². The Balaban J connectivity index is 2.52. The first-order valence-electron chi connectivity index (χ1n) is 5.05. The Morgan fingerprint density at radius 3 is 2.33 bits per heavy atom. The second-order valence-corrected chi connectivity index (χ2v) is 3.88. The lowest BCUT2D eigenvalue weighted by Crippen LogP contribution is -2.04. The van der Waals surface area contributed by atoms with Crippen molar-refractivity contribution in [3.8, 4) is 5.75 Å². The van der Waals surface area contributed by atoms with Crippen LogP contribution in [0.15, 0.2) is 36.4 Å². The molecule has 0 aliphatic carbocycles. The van der Waals surface area contributed by atoms with Gasteiger partial charge >= 0.3 is 0 Å². The first-order chi connectivity index (χ1) is 7.16. The maximum Gasteiger partial charge on any atom is 0.119 e. The van der Waals surface area contributed by atoms with Gasteiger partial charge in [-0.1, -0.05) is 24.3 Å². The smallest absolute Gasteiger partial charge is 0.119 e. The van der Waals surface area contributed by atoms with Crippen LogP contribution < -0.4 is 0 Å². The molecule has 2 heteroatoms. The average Bonchev–Trinajstić information content (AvgIpc) is 2.18. The van der Waals surface area contributed by atoms with Gasteiger partial charge in [0.1, 0.15) is 5.75 Å². The summed E-state index contributed by atoms with van der Waals surface area (Å²) in [4.78, 5) is 0. The predicted molar refractivity (Wildman–Crippen MR) is 61.0 cm³/mol. The molecular weight excluding hydrogens is 188 g/mol. The van der Waals surface area contributed by atoms with Crippen molar-refractivity contribution in [2.45, 2.75) is 19.4 Å². The van der Waals surface area contributed by atoms with E-state index >= 15 is 0 Å². The molecule has 0 saturated heterocycles. The largest absolute Gasteiger partial charge is 0.508 e. The first-order valence-corrected chi connectivity index (χ1v) is 5.05. The molecule has 2 rings (SSSR count). The third-order valence-electron chi connectivity index (χ3n) is 2.46. The molecule has 0 amide bonds. The number of phenols is 1. The zero-order valence-corrected chi connectivity index (χ0v) is 8.64. The van der Waals surface area contributed by atoms with Crippen LogP contribution in [0.5, 0.6) is 5.75 Å². The van der Waals surface area contributed by atoms with E-state index in [4.69, 9.17) is 0 Å². The van der Waals surface area contributed by atoms with Crippen LogP contribution in [-0.4, -0.2) is 16.3 Å². The van der Waals surface area contributed by atoms with Gasteiger partial charge in [-0.25, -0.2) is 0 Å². The van der Waals surface area contributed by atoms with Crippen LogP contribution in [0.2, 0.25) is 0 Å². The number of fused-ring (bicyclic) bond motifs is 1. The molecule has 0 saturated carbocycles. The predicted octanol–water partition coefficient (Wildman–Crippen LogP) is 2.47. The van der Waals surface area contributed by atoms with Crippen LogP contribution in [0.4, 0.5) is 0 Å². The van der Waals surface area contributed by atoms with Crippen LogP contribution in [0, 0.1) is 0 Å². The number of hydrogen-bond acceptors (Lipinski definition) is 2. The number of hydrogen-bond donors (Lipinski definition) is 2. The highest BCUT2D eigenvalue weighted by Gasteiger charge is 2.06. The minimum Gasteiger partial charge on any atom is -0.508 e. The van der Waals surface area contributed by atoms with E-state index in [1.165, 1.54) is 0 Å². The molecule has 0 aliphatic heterocycles. The van der Waals surface area contributed by atoms with Gasteiger partial charge < -0.3 is 10.2 Å². The topological polar surface area (TPSA) is 40.5 Å². The molecule has 15 heavy (non-hydrogen) atoms. The fraction of sp³-hybridized carbons (Fsp3) is 0.231. The molecule has 1 atom stereocenters. The number of aliphatic hydroxyl groups is 1. The maximum atomic E-state index is 9.75. The van der Waals surface area contributed by atoms with Gasteiger partial charge in [0.15, 0.2) is 0 Å². The van der Waals surface area contributed by atoms with E-state index < -0.39 is 6.10 Å². The second kappa shape index (κ2) is 3.91. The summed E-state index contributed by atoms with van der Waals surface area (Å²) in [7, 11) is 0. The van der Waals surface area contributed by atoms with Crippen LogP contribution in [0.3, 0.4) is 0 Å². The Bertz CT molecular complexity index is 475. The lowest BCUT2D eigenvalue weighted by Gasteiger charge is -2.08. The third-order valence-corrected chi connectivity index (χ3v) is 2.46. The molecule has 78 valence electrons. The minimum absolute atomic E-state index is 0.259. The Morgan fingerprint density at radius 1 is 1.13 bits per heavy atom. The first kappa shape index (κ1) is 9.99. The summed E-state index contributed by atoms with van der Waals surface area (Å²) in [6, 6.07) is 11.5. The molecular formula is C13H14O2. The standard InChI is InChI=1S/C13H14O2/c1-9(14)6-12-7-10-4-2-3-5-11(10)8-13(12)15/h2-5,7-9,14-15H,6H2,1H3. The summed E-state index contributed by atoms with van der Waals surface area (Å²) >= 11 is 0. The second-order valence-electron chi connectivity index (χ2n) is 3.88. The van der Waals surface area contributed by atoms with Crippen molar-refractivity contribution < 1.29 is 10.2 Å². The van der Waals surface area contributed by atoms with Gasteiger partial charge in [-0.2, -0.15) is 0 Å². The number of aliphatic hydroxyl groups excluding tert-OH is 1. The molecule has 0 heterocycles. The van der Waals surface area contributed by atoms with Gasteiger partial charge in [-0.15, -0.1) is 0 Å². The normalized spacial score (nSPS) is 12.9. The summed E-state index contributed by atoms with van der Waals surface area (Å²) in [6.45, 7) is 1.72. The van der Waals surface area contributed by atoms with Crippen LogP contribution >= 0.6 is 0 Å². The number of aromatic hydroxyl groups is 1. The van der Waals surface area contributed by atoms with Crippen molar-refractivity contribution in [3.63, 3.8) is 0 Å².